The molecule has 5 heterocycles. The number of aldehydes is 1. The molecule has 65 heavy (non-hydrogen) atoms. The standard InChI is InChI=1S/C55H76N4O6/c1-12-38-35(8)42-27-43-36(9)40(23-24-48(61)65-26-25-34(7)22-16-21-33(6)20-15-19-32(5)18-14-17-31(3)4)52(58-43)50-51(55(63)64-11)54(62)49-37(10)44(59-53(49)50)28-46-39(13-2)41(30-60)47(57-46)29-45(38)56-42/h12,27-34,36,40,51,56-59H,1,13-26H2,2-11H3/b43-27-,46-28-,47-29-,52-50-/t32-,33-,34?,36-,40-,51+/m0/s1. The van der Waals surface area contributed by atoms with Gasteiger partial charge in [0.1, 0.15) is 5.92 Å². The van der Waals surface area contributed by atoms with Crippen LogP contribution in [0.25, 0.3) is 29.9 Å². The van der Waals surface area contributed by atoms with E-state index in [-0.39, 0.29) is 30.0 Å². The van der Waals surface area contributed by atoms with Crippen LogP contribution in [-0.2, 0) is 25.5 Å². The second-order valence-electron chi connectivity index (χ2n) is 20.0. The minimum absolute atomic E-state index is 0.123. The second kappa shape index (κ2) is 21.9. The molecule has 6 rings (SSSR count). The molecule has 3 aromatic rings. The smallest absolute Gasteiger partial charge is 0.321 e. The number of ether oxygens (including phenoxy) is 2. The number of nitrogens with one attached hydrogen (secondary N) is 4. The predicted molar refractivity (Wildman–Crippen MR) is 262 cm³/mol. The molecule has 10 heteroatoms. The zero-order valence-corrected chi connectivity index (χ0v) is 41.0. The minimum atomic E-state index is -1.18. The van der Waals surface area contributed by atoms with Crippen molar-refractivity contribution in [3.63, 3.8) is 0 Å². The van der Waals surface area contributed by atoms with Gasteiger partial charge in [-0.3, -0.25) is 19.2 Å². The number of carbonyl (C=O) groups excluding carboxylic acids is 4. The first-order chi connectivity index (χ1) is 31.1. The lowest BCUT2D eigenvalue weighted by Crippen LogP contribution is -2.25. The topological polar surface area (TPSA) is 146 Å². The number of fused-ring (bicyclic) bond motifs is 7. The van der Waals surface area contributed by atoms with Crippen LogP contribution in [0.4, 0.5) is 0 Å². The third-order valence-electron chi connectivity index (χ3n) is 14.8. The molecule has 0 amide bonds. The van der Waals surface area contributed by atoms with Gasteiger partial charge in [0.05, 0.1) is 24.8 Å². The Bertz CT molecular complexity index is 2440. The first kappa shape index (κ1) is 49.3. The Morgan fingerprint density at radius 3 is 2.02 bits per heavy atom. The van der Waals surface area contributed by atoms with Crippen LogP contribution in [0.15, 0.2) is 18.0 Å². The monoisotopic (exact) mass is 889 g/mol. The summed E-state index contributed by atoms with van der Waals surface area (Å²) < 4.78 is 11.2. The number of methoxy groups -OCH3 is 1. The quantitative estimate of drug-likeness (QED) is 0.0446. The molecular formula is C55H76N4O6. The van der Waals surface area contributed by atoms with Crippen molar-refractivity contribution in [3.05, 3.63) is 84.8 Å². The summed E-state index contributed by atoms with van der Waals surface area (Å²) >= 11 is 0. The summed E-state index contributed by atoms with van der Waals surface area (Å²) in [7, 11) is 1.30. The summed E-state index contributed by atoms with van der Waals surface area (Å²) in [5.74, 6) is 0.0550. The molecule has 1 unspecified atom stereocenters. The van der Waals surface area contributed by atoms with E-state index in [1.165, 1.54) is 58.5 Å². The Morgan fingerprint density at radius 2 is 1.42 bits per heavy atom. The molecule has 10 nitrogen and oxygen atoms in total. The van der Waals surface area contributed by atoms with Crippen molar-refractivity contribution in [2.24, 2.45) is 41.4 Å². The zero-order valence-electron chi connectivity index (χ0n) is 41.0. The van der Waals surface area contributed by atoms with E-state index in [1.54, 1.807) is 0 Å². The molecule has 2 aliphatic heterocycles. The number of carbonyl (C=O) groups is 4. The largest absolute Gasteiger partial charge is 0.468 e. The van der Waals surface area contributed by atoms with Crippen molar-refractivity contribution in [3.8, 4) is 0 Å². The van der Waals surface area contributed by atoms with Gasteiger partial charge in [-0.25, -0.2) is 0 Å². The van der Waals surface area contributed by atoms with Crippen LogP contribution < -0.4 is 16.0 Å². The van der Waals surface area contributed by atoms with E-state index in [0.717, 1.165) is 81.7 Å². The molecular weight excluding hydrogens is 813 g/mol. The Kier molecular flexibility index (Phi) is 16.6. The molecule has 1 aliphatic carbocycles. The van der Waals surface area contributed by atoms with Crippen LogP contribution in [0.1, 0.15) is 191 Å². The first-order valence-corrected chi connectivity index (χ1v) is 24.6. The van der Waals surface area contributed by atoms with Crippen LogP contribution in [0.3, 0.4) is 0 Å². The predicted octanol–water partition coefficient (Wildman–Crippen LogP) is 10.7. The number of allylic oxidation sites excluding steroid dienone is 2. The van der Waals surface area contributed by atoms with Crippen LogP contribution >= 0.6 is 0 Å². The molecule has 3 aliphatic rings. The highest BCUT2D eigenvalue weighted by molar-refractivity contribution is 6.24. The average Bonchev–Trinajstić information content (AvgIpc) is 4.02. The third kappa shape index (κ3) is 11.0. The van der Waals surface area contributed by atoms with Gasteiger partial charge in [0.25, 0.3) is 0 Å². The lowest BCUT2D eigenvalue weighted by Gasteiger charge is -2.20. The number of hydrogen-bond donors (Lipinski definition) is 4. The molecule has 1 saturated heterocycles. The third-order valence-corrected chi connectivity index (χ3v) is 14.8. The molecule has 0 radical (unpaired) electrons. The maximum absolute atomic E-state index is 14.4. The number of H-pyrrole nitrogens is 3. The molecule has 0 aromatic carbocycles. The van der Waals surface area contributed by atoms with Gasteiger partial charge >= 0.3 is 11.9 Å². The second-order valence-corrected chi connectivity index (χ2v) is 20.0. The first-order valence-electron chi connectivity index (χ1n) is 24.6. The highest BCUT2D eigenvalue weighted by Crippen LogP contribution is 2.48. The van der Waals surface area contributed by atoms with Gasteiger partial charge in [0, 0.05) is 74.3 Å². The van der Waals surface area contributed by atoms with Gasteiger partial charge in [-0.15, -0.1) is 0 Å². The van der Waals surface area contributed by atoms with E-state index in [0.29, 0.717) is 64.4 Å². The molecule has 6 atom stereocenters. The maximum Gasteiger partial charge on any atom is 0.321 e. The van der Waals surface area contributed by atoms with Gasteiger partial charge in [-0.05, 0) is 91.7 Å². The summed E-state index contributed by atoms with van der Waals surface area (Å²) in [5, 5.41) is 5.10. The van der Waals surface area contributed by atoms with Crippen molar-refractivity contribution >= 4 is 53.9 Å². The number of esters is 2. The van der Waals surface area contributed by atoms with Gasteiger partial charge in [-0.1, -0.05) is 119 Å². The van der Waals surface area contributed by atoms with E-state index in [4.69, 9.17) is 9.47 Å². The minimum Gasteiger partial charge on any atom is -0.468 e. The van der Waals surface area contributed by atoms with E-state index in [2.05, 4.69) is 74.5 Å². The van der Waals surface area contributed by atoms with E-state index in [1.807, 2.05) is 39.0 Å². The number of aromatic nitrogens is 3. The number of hydrogen-bond acceptors (Lipinski definition) is 7. The number of Topliss-reactive ketones (excluding diaryl/α,β-unsaturated/α-hetero) is 1. The molecule has 352 valence electrons. The zero-order chi connectivity index (χ0) is 47.1. The van der Waals surface area contributed by atoms with Crippen LogP contribution in [-0.4, -0.2) is 52.7 Å². The highest BCUT2D eigenvalue weighted by atomic mass is 16.5. The van der Waals surface area contributed by atoms with E-state index >= 15 is 0 Å². The maximum atomic E-state index is 14.4. The number of rotatable bonds is 22. The van der Waals surface area contributed by atoms with Crippen molar-refractivity contribution in [1.29, 1.82) is 0 Å². The lowest BCUT2D eigenvalue weighted by atomic mass is 9.85. The fraction of sp³-hybridized carbons (Fsp3) is 0.564. The molecule has 1 fully saturated rings. The van der Waals surface area contributed by atoms with E-state index in [9.17, 15) is 19.2 Å². The van der Waals surface area contributed by atoms with Crippen LogP contribution in [0.2, 0.25) is 0 Å². The molecule has 8 bridgehead atoms. The normalized spacial score (nSPS) is 22.0. The SMILES string of the molecule is C=Cc1c2[nH]c(c1C)/C=C1\N/C(=C3\c4[nH]c(c(C)c4C(=O)[C@@H]3C(=O)OC)/C=c3\[nH]/c(c(C=O)c3CC)=C\2)[C@@H](CCC(=O)OCCC(C)CCC[C@@H](C)CCC[C@@H](C)CCCC(C)C)[C@@H]1C. The van der Waals surface area contributed by atoms with E-state index < -0.39 is 11.9 Å². The Labute approximate surface area is 387 Å². The Morgan fingerprint density at radius 1 is 0.800 bits per heavy atom. The van der Waals surface area contributed by atoms with Gasteiger partial charge < -0.3 is 29.7 Å². The Hall–Kier alpha value is -5.12. The number of aromatic amines is 3. The fourth-order valence-corrected chi connectivity index (χ4v) is 10.6. The summed E-state index contributed by atoms with van der Waals surface area (Å²) in [6, 6.07) is 0. The molecule has 0 saturated carbocycles. The molecule has 4 N–H and O–H groups in total. The fourth-order valence-electron chi connectivity index (χ4n) is 10.6. The van der Waals surface area contributed by atoms with Gasteiger partial charge in [0.2, 0.25) is 0 Å². The van der Waals surface area contributed by atoms with Crippen LogP contribution in [0, 0.1) is 55.3 Å². The van der Waals surface area contributed by atoms with Crippen molar-refractivity contribution in [1.82, 2.24) is 20.3 Å². The summed E-state index contributed by atoms with van der Waals surface area (Å²) in [6.45, 7) is 24.2. The van der Waals surface area contributed by atoms with Crippen molar-refractivity contribution in [2.45, 2.75) is 146 Å². The Balaban J connectivity index is 1.21. The average molecular weight is 889 g/mol. The highest BCUT2D eigenvalue weighted by Gasteiger charge is 2.48. The van der Waals surface area contributed by atoms with Crippen molar-refractivity contribution in [2.75, 3.05) is 13.7 Å². The van der Waals surface area contributed by atoms with Crippen LogP contribution in [0.5, 0.6) is 0 Å². The van der Waals surface area contributed by atoms with Gasteiger partial charge in [-0.2, -0.15) is 0 Å². The summed E-state index contributed by atoms with van der Waals surface area (Å²) in [6.07, 6.45) is 22.3. The lowest BCUT2D eigenvalue weighted by molar-refractivity contribution is -0.144. The summed E-state index contributed by atoms with van der Waals surface area (Å²) in [4.78, 5) is 64.7. The van der Waals surface area contributed by atoms with Crippen molar-refractivity contribution < 1.29 is 28.7 Å². The number of ketones is 1. The molecule has 0 spiro atoms. The van der Waals surface area contributed by atoms with Gasteiger partial charge in [0.15, 0.2) is 12.1 Å². The molecule has 3 aromatic heterocycles. The summed E-state index contributed by atoms with van der Waals surface area (Å²) in [5.41, 5.74) is 9.50.